The molecule has 0 aromatic heterocycles. The number of aliphatic hydroxyl groups excluding tert-OH is 1. The quantitative estimate of drug-likeness (QED) is 0.576. The van der Waals surface area contributed by atoms with E-state index in [0.29, 0.717) is 12.0 Å². The Kier molecular flexibility index (Phi) is 7.30. The minimum Gasteiger partial charge on any atom is -0.504 e. The molecule has 0 amide bonds. The van der Waals surface area contributed by atoms with Crippen molar-refractivity contribution in [2.75, 3.05) is 7.11 Å². The number of rotatable bonds is 3. The number of carbonyl (C=O) groups is 1. The van der Waals surface area contributed by atoms with Crippen molar-refractivity contribution in [2.45, 2.75) is 65.6 Å². The number of ether oxygens (including phenoxy) is 2. The van der Waals surface area contributed by atoms with Gasteiger partial charge in [-0.1, -0.05) is 31.6 Å². The van der Waals surface area contributed by atoms with Crippen LogP contribution in [0.1, 0.15) is 63.7 Å². The maximum absolute atomic E-state index is 12.7. The van der Waals surface area contributed by atoms with E-state index in [9.17, 15) is 15.0 Å². The normalized spacial score (nSPS) is 26.8. The highest BCUT2D eigenvalue weighted by Gasteiger charge is 2.28. The third kappa shape index (κ3) is 5.61. The van der Waals surface area contributed by atoms with Crippen LogP contribution in [0.25, 0.3) is 0 Å². The largest absolute Gasteiger partial charge is 0.504 e. The minimum atomic E-state index is -0.610. The highest BCUT2D eigenvalue weighted by atomic mass is 16.5. The number of carbonyl (C=O) groups excluding carboxylic acids is 1. The molecule has 2 N–H and O–H groups in total. The molecule has 2 atom stereocenters. The SMILES string of the molecule is COc1cc(C(=O)O[C@@H]2C/C=C(\C)CCCC(C)(C)[C@@H](O)/C=C\2C)ccc1O. The summed E-state index contributed by atoms with van der Waals surface area (Å²) >= 11 is 0. The van der Waals surface area contributed by atoms with Gasteiger partial charge in [0, 0.05) is 6.42 Å². The van der Waals surface area contributed by atoms with E-state index in [0.717, 1.165) is 24.8 Å². The molecule has 28 heavy (non-hydrogen) atoms. The Labute approximate surface area is 167 Å². The van der Waals surface area contributed by atoms with E-state index >= 15 is 0 Å². The van der Waals surface area contributed by atoms with E-state index in [-0.39, 0.29) is 16.9 Å². The second-order valence-electron chi connectivity index (χ2n) is 8.26. The van der Waals surface area contributed by atoms with Gasteiger partial charge in [-0.2, -0.15) is 0 Å². The Bertz CT molecular complexity index is 760. The summed E-state index contributed by atoms with van der Waals surface area (Å²) < 4.78 is 10.8. The molecule has 5 nitrogen and oxygen atoms in total. The lowest BCUT2D eigenvalue weighted by molar-refractivity contribution is 0.0367. The number of esters is 1. The van der Waals surface area contributed by atoms with Crippen molar-refractivity contribution in [3.05, 3.63) is 47.1 Å². The van der Waals surface area contributed by atoms with Crippen LogP contribution < -0.4 is 4.74 Å². The van der Waals surface area contributed by atoms with E-state index in [1.165, 1.54) is 30.9 Å². The van der Waals surface area contributed by atoms with E-state index in [4.69, 9.17) is 9.47 Å². The smallest absolute Gasteiger partial charge is 0.338 e. The number of phenolic OH excluding ortho intramolecular Hbond substituents is 1. The molecule has 1 aromatic carbocycles. The van der Waals surface area contributed by atoms with Crippen molar-refractivity contribution >= 4 is 5.97 Å². The van der Waals surface area contributed by atoms with E-state index < -0.39 is 18.2 Å². The molecule has 0 heterocycles. The van der Waals surface area contributed by atoms with Gasteiger partial charge in [-0.15, -0.1) is 0 Å². The molecule has 0 spiro atoms. The first-order valence-electron chi connectivity index (χ1n) is 9.74. The first kappa shape index (κ1) is 22.0. The molecule has 0 saturated heterocycles. The van der Waals surface area contributed by atoms with Gasteiger partial charge in [0.2, 0.25) is 0 Å². The second kappa shape index (κ2) is 9.28. The van der Waals surface area contributed by atoms with Gasteiger partial charge in [0.15, 0.2) is 11.5 Å². The summed E-state index contributed by atoms with van der Waals surface area (Å²) in [5.74, 6) is -0.309. The van der Waals surface area contributed by atoms with Gasteiger partial charge >= 0.3 is 5.97 Å². The van der Waals surface area contributed by atoms with Crippen molar-refractivity contribution in [1.82, 2.24) is 0 Å². The summed E-state index contributed by atoms with van der Waals surface area (Å²) in [6, 6.07) is 4.37. The van der Waals surface area contributed by atoms with E-state index in [1.807, 2.05) is 13.0 Å². The molecule has 0 fully saturated rings. The Morgan fingerprint density at radius 1 is 1.25 bits per heavy atom. The predicted octanol–water partition coefficient (Wildman–Crippen LogP) is 4.78. The van der Waals surface area contributed by atoms with Gasteiger partial charge in [0.1, 0.15) is 6.10 Å². The molecule has 0 saturated carbocycles. The molecule has 1 aliphatic rings. The zero-order chi connectivity index (χ0) is 20.9. The fourth-order valence-corrected chi connectivity index (χ4v) is 3.29. The Morgan fingerprint density at radius 2 is 1.96 bits per heavy atom. The number of benzene rings is 1. The van der Waals surface area contributed by atoms with Crippen LogP contribution >= 0.6 is 0 Å². The molecule has 1 aromatic rings. The molecule has 0 aliphatic heterocycles. The number of methoxy groups -OCH3 is 1. The Hall–Kier alpha value is -2.27. The van der Waals surface area contributed by atoms with Crippen LogP contribution in [0.5, 0.6) is 11.5 Å². The number of aromatic hydroxyl groups is 1. The summed E-state index contributed by atoms with van der Waals surface area (Å²) in [7, 11) is 1.43. The summed E-state index contributed by atoms with van der Waals surface area (Å²) in [4.78, 5) is 12.7. The average Bonchev–Trinajstić information content (AvgIpc) is 2.65. The molecule has 154 valence electrons. The van der Waals surface area contributed by atoms with Crippen molar-refractivity contribution in [2.24, 2.45) is 5.41 Å². The molecule has 0 radical (unpaired) electrons. The van der Waals surface area contributed by atoms with Crippen molar-refractivity contribution in [3.63, 3.8) is 0 Å². The van der Waals surface area contributed by atoms with Crippen LogP contribution in [0.15, 0.2) is 41.5 Å². The zero-order valence-corrected chi connectivity index (χ0v) is 17.5. The Balaban J connectivity index is 2.28. The summed E-state index contributed by atoms with van der Waals surface area (Å²) in [5, 5.41) is 20.4. The lowest BCUT2D eigenvalue weighted by Crippen LogP contribution is -2.29. The van der Waals surface area contributed by atoms with Crippen molar-refractivity contribution < 1.29 is 24.5 Å². The molecule has 2 rings (SSSR count). The van der Waals surface area contributed by atoms with Gasteiger partial charge < -0.3 is 19.7 Å². The van der Waals surface area contributed by atoms with Crippen LogP contribution in [0.4, 0.5) is 0 Å². The van der Waals surface area contributed by atoms with Crippen LogP contribution in [0.3, 0.4) is 0 Å². The zero-order valence-electron chi connectivity index (χ0n) is 17.5. The molecular formula is C23H32O5. The van der Waals surface area contributed by atoms with Gasteiger partial charge in [-0.25, -0.2) is 4.79 Å². The second-order valence-corrected chi connectivity index (χ2v) is 8.26. The van der Waals surface area contributed by atoms with Gasteiger partial charge in [-0.05, 0) is 62.3 Å². The lowest BCUT2D eigenvalue weighted by atomic mass is 9.80. The average molecular weight is 389 g/mol. The standard InChI is InChI=1S/C23H32O5/c1-15-7-6-12-23(3,4)21(25)13-16(2)19(11-8-15)28-22(26)17-9-10-18(24)20(14-17)27-5/h8-10,13-14,19,21,24-25H,6-7,11-12H2,1-5H3/b15-8+,16-13-/t19-,21+/m1/s1. The molecule has 5 heteroatoms. The number of aliphatic hydroxyl groups is 1. The van der Waals surface area contributed by atoms with Crippen LogP contribution in [0, 0.1) is 5.41 Å². The third-order valence-electron chi connectivity index (χ3n) is 5.47. The van der Waals surface area contributed by atoms with Crippen LogP contribution in [0.2, 0.25) is 0 Å². The highest BCUT2D eigenvalue weighted by Crippen LogP contribution is 2.32. The number of allylic oxidation sites excluding steroid dienone is 1. The van der Waals surface area contributed by atoms with Crippen LogP contribution in [-0.4, -0.2) is 35.5 Å². The third-order valence-corrected chi connectivity index (χ3v) is 5.47. The summed E-state index contributed by atoms with van der Waals surface area (Å²) in [6.45, 7) is 8.09. The van der Waals surface area contributed by atoms with Gasteiger partial charge in [0.25, 0.3) is 0 Å². The van der Waals surface area contributed by atoms with Crippen molar-refractivity contribution in [1.29, 1.82) is 0 Å². The van der Waals surface area contributed by atoms with Crippen LogP contribution in [-0.2, 0) is 4.74 Å². The van der Waals surface area contributed by atoms with Gasteiger partial charge in [0.05, 0.1) is 18.8 Å². The fraction of sp³-hybridized carbons (Fsp3) is 0.522. The number of phenols is 1. The Morgan fingerprint density at radius 3 is 2.64 bits per heavy atom. The monoisotopic (exact) mass is 388 g/mol. The maximum atomic E-state index is 12.7. The number of hydrogen-bond donors (Lipinski definition) is 2. The molecule has 0 unspecified atom stereocenters. The fourth-order valence-electron chi connectivity index (χ4n) is 3.29. The first-order valence-corrected chi connectivity index (χ1v) is 9.74. The summed E-state index contributed by atoms with van der Waals surface area (Å²) in [6.07, 6.45) is 6.29. The predicted molar refractivity (Wildman–Crippen MR) is 110 cm³/mol. The number of hydrogen-bond acceptors (Lipinski definition) is 5. The lowest BCUT2D eigenvalue weighted by Gasteiger charge is -2.29. The summed E-state index contributed by atoms with van der Waals surface area (Å²) in [5.41, 5.74) is 2.14. The molecule has 0 bridgehead atoms. The highest BCUT2D eigenvalue weighted by molar-refractivity contribution is 5.90. The van der Waals surface area contributed by atoms with Crippen molar-refractivity contribution in [3.8, 4) is 11.5 Å². The van der Waals surface area contributed by atoms with Gasteiger partial charge in [-0.3, -0.25) is 0 Å². The topological polar surface area (TPSA) is 76.0 Å². The molecule has 1 aliphatic carbocycles. The molecular weight excluding hydrogens is 356 g/mol. The van der Waals surface area contributed by atoms with E-state index in [2.05, 4.69) is 26.8 Å². The minimum absolute atomic E-state index is 0.0334. The maximum Gasteiger partial charge on any atom is 0.338 e. The first-order chi connectivity index (χ1) is 13.1. The van der Waals surface area contributed by atoms with E-state index in [1.54, 1.807) is 0 Å².